The van der Waals surface area contributed by atoms with Gasteiger partial charge >= 0.3 is 0 Å². The maximum Gasteiger partial charge on any atom is 0.273 e. The van der Waals surface area contributed by atoms with E-state index in [9.17, 15) is 4.79 Å². The van der Waals surface area contributed by atoms with Crippen molar-refractivity contribution in [2.24, 2.45) is 5.73 Å². The highest BCUT2D eigenvalue weighted by Crippen LogP contribution is 2.28. The van der Waals surface area contributed by atoms with Crippen LogP contribution in [0, 0.1) is 6.92 Å². The Labute approximate surface area is 206 Å². The summed E-state index contributed by atoms with van der Waals surface area (Å²) in [5.41, 5.74) is 8.16. The van der Waals surface area contributed by atoms with E-state index in [2.05, 4.69) is 46.6 Å². The number of primary amides is 1. The highest BCUT2D eigenvalue weighted by molar-refractivity contribution is 5.96. The molecule has 4 N–H and O–H groups in total. The van der Waals surface area contributed by atoms with Crippen molar-refractivity contribution in [2.75, 3.05) is 10.6 Å². The van der Waals surface area contributed by atoms with E-state index in [-0.39, 0.29) is 36.0 Å². The van der Waals surface area contributed by atoms with Crippen LogP contribution in [0.15, 0.2) is 18.3 Å². The van der Waals surface area contributed by atoms with Gasteiger partial charge in [0.25, 0.3) is 5.91 Å². The van der Waals surface area contributed by atoms with Crippen molar-refractivity contribution in [3.8, 4) is 0 Å². The molecular formula is C22H32Cl2N8O. The van der Waals surface area contributed by atoms with Crippen LogP contribution in [-0.4, -0.2) is 36.9 Å². The fraction of sp³-hybridized carbons (Fsp3) is 0.500. The Balaban J connectivity index is 0.00000193. The van der Waals surface area contributed by atoms with E-state index in [1.165, 1.54) is 19.3 Å². The van der Waals surface area contributed by atoms with Crippen LogP contribution in [-0.2, 0) is 5.54 Å². The molecule has 0 radical (unpaired) electrons. The molecule has 0 aliphatic heterocycles. The first kappa shape index (κ1) is 26.6. The number of nitrogens with one attached hydrogen (secondary N) is 2. The molecule has 9 nitrogen and oxygen atoms in total. The Morgan fingerprint density at radius 2 is 1.82 bits per heavy atom. The summed E-state index contributed by atoms with van der Waals surface area (Å²) < 4.78 is 1.96. The topological polar surface area (TPSA) is 124 Å². The Kier molecular flexibility index (Phi) is 8.48. The molecule has 1 amide bonds. The number of rotatable bonds is 5. The van der Waals surface area contributed by atoms with E-state index < -0.39 is 5.91 Å². The molecule has 0 bridgehead atoms. The van der Waals surface area contributed by atoms with E-state index >= 15 is 0 Å². The second-order valence-corrected chi connectivity index (χ2v) is 9.28. The summed E-state index contributed by atoms with van der Waals surface area (Å²) >= 11 is 0. The number of aromatic nitrogens is 5. The lowest BCUT2D eigenvalue weighted by Crippen LogP contribution is -2.25. The van der Waals surface area contributed by atoms with Gasteiger partial charge in [-0.05, 0) is 58.2 Å². The summed E-state index contributed by atoms with van der Waals surface area (Å²) in [4.78, 5) is 16.4. The summed E-state index contributed by atoms with van der Waals surface area (Å²) in [7, 11) is 0. The third-order valence-corrected chi connectivity index (χ3v) is 5.61. The number of amides is 1. The lowest BCUT2D eigenvalue weighted by atomic mass is 9.96. The fourth-order valence-corrected chi connectivity index (χ4v) is 3.93. The molecule has 1 fully saturated rings. The minimum absolute atomic E-state index is 0. The summed E-state index contributed by atoms with van der Waals surface area (Å²) in [6.07, 6.45) is 7.83. The van der Waals surface area contributed by atoms with Crippen LogP contribution in [0.4, 0.5) is 17.5 Å². The van der Waals surface area contributed by atoms with E-state index in [1.54, 1.807) is 0 Å². The Hall–Kier alpha value is -2.65. The molecule has 0 atom stereocenters. The van der Waals surface area contributed by atoms with Gasteiger partial charge < -0.3 is 16.4 Å². The standard InChI is InChI=1S/C22H30N8O.2ClH/c1-13-10-16(11-14-12-30(22(2,3)4)29-17(13)14)24-20-18(19(23)31)27-28-21(26-20)25-15-8-6-5-7-9-15;;/h10-12,15H,5-9H2,1-4H3,(H2,23,31)(H2,24,25,26,28);2*1H. The molecule has 33 heavy (non-hydrogen) atoms. The van der Waals surface area contributed by atoms with Crippen LogP contribution in [0.1, 0.15) is 68.9 Å². The van der Waals surface area contributed by atoms with Gasteiger partial charge in [-0.1, -0.05) is 19.3 Å². The van der Waals surface area contributed by atoms with Gasteiger partial charge in [-0.3, -0.25) is 9.48 Å². The summed E-state index contributed by atoms with van der Waals surface area (Å²) in [5, 5.41) is 20.4. The first-order valence-corrected chi connectivity index (χ1v) is 10.8. The van der Waals surface area contributed by atoms with Crippen LogP contribution in [0.5, 0.6) is 0 Å². The number of nitrogens with two attached hydrogens (primary N) is 1. The molecule has 2 heterocycles. The number of benzene rings is 1. The van der Waals surface area contributed by atoms with Gasteiger partial charge in [-0.15, -0.1) is 35.0 Å². The molecule has 11 heteroatoms. The minimum Gasteiger partial charge on any atom is -0.364 e. The van der Waals surface area contributed by atoms with Crippen molar-refractivity contribution in [2.45, 2.75) is 71.4 Å². The third-order valence-electron chi connectivity index (χ3n) is 5.61. The highest BCUT2D eigenvalue weighted by atomic mass is 35.5. The summed E-state index contributed by atoms with van der Waals surface area (Å²) in [6, 6.07) is 4.28. The maximum atomic E-state index is 11.9. The van der Waals surface area contributed by atoms with Crippen molar-refractivity contribution < 1.29 is 4.79 Å². The molecule has 0 saturated heterocycles. The largest absolute Gasteiger partial charge is 0.364 e. The number of hydrogen-bond acceptors (Lipinski definition) is 7. The maximum absolute atomic E-state index is 11.9. The molecule has 3 aromatic rings. The van der Waals surface area contributed by atoms with Gasteiger partial charge in [0, 0.05) is 23.3 Å². The number of hydrogen-bond donors (Lipinski definition) is 3. The Morgan fingerprint density at radius 1 is 1.12 bits per heavy atom. The molecule has 2 aromatic heterocycles. The first-order chi connectivity index (χ1) is 14.7. The zero-order chi connectivity index (χ0) is 22.2. The molecule has 1 aliphatic rings. The van der Waals surface area contributed by atoms with Gasteiger partial charge in [-0.25, -0.2) is 0 Å². The quantitative estimate of drug-likeness (QED) is 0.468. The normalized spacial score (nSPS) is 14.3. The predicted octanol–water partition coefficient (Wildman–Crippen LogP) is 4.72. The molecular weight excluding hydrogens is 463 g/mol. The molecule has 1 saturated carbocycles. The van der Waals surface area contributed by atoms with E-state index in [0.717, 1.165) is 35.0 Å². The zero-order valence-electron chi connectivity index (χ0n) is 19.4. The SMILES string of the molecule is Cc1cc(Nc2nc(NC3CCCCC3)nnc2C(N)=O)cc2cn(C(C)(C)C)nc12.Cl.Cl. The smallest absolute Gasteiger partial charge is 0.273 e. The van der Waals surface area contributed by atoms with Gasteiger partial charge in [0.05, 0.1) is 11.1 Å². The van der Waals surface area contributed by atoms with Gasteiger partial charge in [0.15, 0.2) is 11.5 Å². The van der Waals surface area contributed by atoms with Crippen LogP contribution < -0.4 is 16.4 Å². The van der Waals surface area contributed by atoms with E-state index in [1.807, 2.05) is 29.9 Å². The van der Waals surface area contributed by atoms with E-state index in [4.69, 9.17) is 10.8 Å². The Morgan fingerprint density at radius 3 is 2.45 bits per heavy atom. The number of nitrogens with zero attached hydrogens (tertiary/aromatic N) is 5. The lowest BCUT2D eigenvalue weighted by Gasteiger charge is -2.22. The van der Waals surface area contributed by atoms with Crippen molar-refractivity contribution in [1.29, 1.82) is 0 Å². The molecule has 0 unspecified atom stereocenters. The number of carbonyl (C=O) groups excluding carboxylic acids is 1. The summed E-state index contributed by atoms with van der Waals surface area (Å²) in [6.45, 7) is 8.34. The zero-order valence-corrected chi connectivity index (χ0v) is 21.0. The molecule has 0 spiro atoms. The number of halogens is 2. The average Bonchev–Trinajstić information content (AvgIpc) is 3.14. The van der Waals surface area contributed by atoms with Gasteiger partial charge in [0.1, 0.15) is 0 Å². The monoisotopic (exact) mass is 494 g/mol. The average molecular weight is 495 g/mol. The second kappa shape index (κ2) is 10.5. The lowest BCUT2D eigenvalue weighted by molar-refractivity contribution is 0.0995. The molecule has 180 valence electrons. The molecule has 1 aliphatic carbocycles. The fourth-order valence-electron chi connectivity index (χ4n) is 3.93. The number of carbonyl (C=O) groups is 1. The van der Waals surface area contributed by atoms with Crippen molar-refractivity contribution >= 4 is 59.1 Å². The minimum atomic E-state index is -0.676. The van der Waals surface area contributed by atoms with Gasteiger partial charge in [-0.2, -0.15) is 10.1 Å². The predicted molar refractivity (Wildman–Crippen MR) is 136 cm³/mol. The van der Waals surface area contributed by atoms with Crippen molar-refractivity contribution in [3.63, 3.8) is 0 Å². The van der Waals surface area contributed by atoms with Crippen LogP contribution >= 0.6 is 24.8 Å². The number of aryl methyl sites for hydroxylation is 1. The van der Waals surface area contributed by atoms with E-state index in [0.29, 0.717) is 17.8 Å². The van der Waals surface area contributed by atoms with Crippen LogP contribution in [0.2, 0.25) is 0 Å². The van der Waals surface area contributed by atoms with Crippen molar-refractivity contribution in [3.05, 3.63) is 29.6 Å². The van der Waals surface area contributed by atoms with Crippen LogP contribution in [0.3, 0.4) is 0 Å². The molecule has 4 rings (SSSR count). The second-order valence-electron chi connectivity index (χ2n) is 9.28. The summed E-state index contributed by atoms with van der Waals surface area (Å²) in [5.74, 6) is 0.0191. The van der Waals surface area contributed by atoms with Gasteiger partial charge in [0.2, 0.25) is 5.95 Å². The number of fused-ring (bicyclic) bond motifs is 1. The number of anilines is 3. The first-order valence-electron chi connectivity index (χ1n) is 10.8. The van der Waals surface area contributed by atoms with Crippen molar-refractivity contribution in [1.82, 2.24) is 25.0 Å². The third kappa shape index (κ3) is 6.03. The Bertz CT molecular complexity index is 1120. The highest BCUT2D eigenvalue weighted by Gasteiger charge is 2.20. The van der Waals surface area contributed by atoms with Crippen LogP contribution in [0.25, 0.3) is 10.9 Å². The molecule has 1 aromatic carbocycles.